The van der Waals surface area contributed by atoms with Gasteiger partial charge in [0.15, 0.2) is 5.78 Å². The molecule has 2 aliphatic carbocycles. The van der Waals surface area contributed by atoms with Gasteiger partial charge in [0.1, 0.15) is 17.6 Å². The molecular weight excluding hydrogens is 418 g/mol. The molecule has 33 heavy (non-hydrogen) atoms. The van der Waals surface area contributed by atoms with E-state index in [1.165, 1.54) is 6.42 Å². The second kappa shape index (κ2) is 9.24. The smallest absolute Gasteiger partial charge is 0.337 e. The molecule has 4 rings (SSSR count). The zero-order valence-corrected chi connectivity index (χ0v) is 20.4. The fourth-order valence-corrected chi connectivity index (χ4v) is 5.48. The Labute approximate surface area is 196 Å². The summed E-state index contributed by atoms with van der Waals surface area (Å²) in [5.41, 5.74) is 3.34. The van der Waals surface area contributed by atoms with E-state index in [4.69, 9.17) is 14.2 Å². The van der Waals surface area contributed by atoms with Gasteiger partial charge in [-0.05, 0) is 62.6 Å². The van der Waals surface area contributed by atoms with Gasteiger partial charge in [-0.1, -0.05) is 20.3 Å². The van der Waals surface area contributed by atoms with Gasteiger partial charge in [0.2, 0.25) is 0 Å². The van der Waals surface area contributed by atoms with Crippen LogP contribution in [0.1, 0.15) is 77.2 Å². The van der Waals surface area contributed by atoms with Gasteiger partial charge in [-0.3, -0.25) is 4.79 Å². The Balaban J connectivity index is 1.83. The van der Waals surface area contributed by atoms with Crippen LogP contribution in [0.4, 0.5) is 0 Å². The van der Waals surface area contributed by atoms with Crippen LogP contribution in [0, 0.1) is 5.41 Å². The van der Waals surface area contributed by atoms with Gasteiger partial charge < -0.3 is 19.5 Å². The lowest BCUT2D eigenvalue weighted by Gasteiger charge is -2.40. The lowest BCUT2D eigenvalue weighted by Crippen LogP contribution is -2.39. The van der Waals surface area contributed by atoms with E-state index in [-0.39, 0.29) is 23.3 Å². The van der Waals surface area contributed by atoms with E-state index in [9.17, 15) is 9.59 Å². The third-order valence-electron chi connectivity index (χ3n) is 7.03. The maximum Gasteiger partial charge on any atom is 0.337 e. The molecule has 0 radical (unpaired) electrons. The van der Waals surface area contributed by atoms with Crippen LogP contribution in [0.3, 0.4) is 0 Å². The van der Waals surface area contributed by atoms with Crippen LogP contribution < -0.4 is 14.8 Å². The number of hydrogen-bond acceptors (Lipinski definition) is 6. The maximum absolute atomic E-state index is 13.6. The Morgan fingerprint density at radius 1 is 1.06 bits per heavy atom. The van der Waals surface area contributed by atoms with Crippen LogP contribution >= 0.6 is 0 Å². The van der Waals surface area contributed by atoms with Gasteiger partial charge in [-0.2, -0.15) is 0 Å². The van der Waals surface area contributed by atoms with Gasteiger partial charge in [0.05, 0.1) is 25.7 Å². The topological polar surface area (TPSA) is 73.9 Å². The molecule has 178 valence electrons. The number of dihydropyridines is 1. The third kappa shape index (κ3) is 4.66. The second-order valence-electron chi connectivity index (χ2n) is 10.2. The van der Waals surface area contributed by atoms with E-state index in [2.05, 4.69) is 19.2 Å². The Morgan fingerprint density at radius 2 is 1.79 bits per heavy atom. The maximum atomic E-state index is 13.6. The number of allylic oxidation sites excluding steroid dienone is 3. The first-order chi connectivity index (χ1) is 15.7. The first-order valence-corrected chi connectivity index (χ1v) is 11.9. The molecular formula is C27H35NO5. The fraction of sp³-hybridized carbons (Fsp3) is 0.556. The SMILES string of the molecule is COc1ccc(OC)c([C@@H]2C(C(=O)OC3CCCCC3)=C(C)NC3=C2C(=O)CC(C)(C)C3)c1. The summed E-state index contributed by atoms with van der Waals surface area (Å²) in [7, 11) is 3.20. The van der Waals surface area contributed by atoms with Crippen LogP contribution in [0.25, 0.3) is 0 Å². The Bertz CT molecular complexity index is 1010. The summed E-state index contributed by atoms with van der Waals surface area (Å²) in [6, 6.07) is 5.52. The van der Waals surface area contributed by atoms with Crippen LogP contribution in [-0.2, 0) is 14.3 Å². The van der Waals surface area contributed by atoms with E-state index < -0.39 is 5.92 Å². The molecule has 6 heteroatoms. The minimum absolute atomic E-state index is 0.0547. The molecule has 0 unspecified atom stereocenters. The van der Waals surface area contributed by atoms with E-state index in [0.717, 1.165) is 49.1 Å². The summed E-state index contributed by atoms with van der Waals surface area (Å²) in [4.78, 5) is 27.1. The molecule has 0 aromatic heterocycles. The molecule has 6 nitrogen and oxygen atoms in total. The van der Waals surface area contributed by atoms with Crippen LogP contribution in [-0.4, -0.2) is 32.1 Å². The van der Waals surface area contributed by atoms with E-state index >= 15 is 0 Å². The predicted molar refractivity (Wildman–Crippen MR) is 126 cm³/mol. The van der Waals surface area contributed by atoms with Crippen LogP contribution in [0.2, 0.25) is 0 Å². The Kier molecular flexibility index (Phi) is 6.55. The zero-order chi connectivity index (χ0) is 23.8. The lowest BCUT2D eigenvalue weighted by atomic mass is 9.68. The average Bonchev–Trinajstić information content (AvgIpc) is 2.77. The molecule has 1 aromatic carbocycles. The van der Waals surface area contributed by atoms with Gasteiger partial charge in [-0.15, -0.1) is 0 Å². The number of esters is 1. The first-order valence-electron chi connectivity index (χ1n) is 11.9. The average molecular weight is 454 g/mol. The number of hydrogen-bond donors (Lipinski definition) is 1. The minimum atomic E-state index is -0.564. The number of rotatable bonds is 5. The minimum Gasteiger partial charge on any atom is -0.497 e. The highest BCUT2D eigenvalue weighted by molar-refractivity contribution is 6.04. The zero-order valence-electron chi connectivity index (χ0n) is 20.4. The van der Waals surface area contributed by atoms with Gasteiger partial charge >= 0.3 is 5.97 Å². The third-order valence-corrected chi connectivity index (χ3v) is 7.03. The van der Waals surface area contributed by atoms with Crippen molar-refractivity contribution in [3.63, 3.8) is 0 Å². The van der Waals surface area contributed by atoms with Crippen LogP contribution in [0.5, 0.6) is 11.5 Å². The molecule has 1 saturated carbocycles. The first kappa shape index (κ1) is 23.4. The van der Waals surface area contributed by atoms with Crippen LogP contribution in [0.15, 0.2) is 40.7 Å². The van der Waals surface area contributed by atoms with E-state index in [1.54, 1.807) is 14.2 Å². The quantitative estimate of drug-likeness (QED) is 0.619. The van der Waals surface area contributed by atoms with Crippen molar-refractivity contribution in [2.75, 3.05) is 14.2 Å². The summed E-state index contributed by atoms with van der Waals surface area (Å²) in [5, 5.41) is 3.40. The van der Waals surface area contributed by atoms with Crippen molar-refractivity contribution in [2.24, 2.45) is 5.41 Å². The number of Topliss-reactive ketones (excluding diaryl/α,β-unsaturated/α-hetero) is 1. The summed E-state index contributed by atoms with van der Waals surface area (Å²) in [6.07, 6.45) is 6.20. The highest BCUT2D eigenvalue weighted by atomic mass is 16.5. The summed E-state index contributed by atoms with van der Waals surface area (Å²) >= 11 is 0. The van der Waals surface area contributed by atoms with Crippen molar-refractivity contribution in [1.29, 1.82) is 0 Å². The van der Waals surface area contributed by atoms with Gasteiger partial charge in [0.25, 0.3) is 0 Å². The lowest BCUT2D eigenvalue weighted by molar-refractivity contribution is -0.146. The standard InChI is InChI=1S/C27H35NO5/c1-16-23(26(30)33-17-9-7-6-8-10-17)24(19-13-18(31-4)11-12-22(19)32-5)25-20(28-16)14-27(2,3)15-21(25)29/h11-13,17,24,28H,6-10,14-15H2,1-5H3/t24-/m1/s1. The number of ether oxygens (including phenoxy) is 3. The Morgan fingerprint density at radius 3 is 2.45 bits per heavy atom. The van der Waals surface area contributed by atoms with Gasteiger partial charge in [-0.25, -0.2) is 4.79 Å². The molecule has 0 amide bonds. The molecule has 1 aromatic rings. The molecule has 1 aliphatic heterocycles. The molecule has 1 atom stereocenters. The normalized spacial score (nSPS) is 23.1. The van der Waals surface area contributed by atoms with E-state index in [0.29, 0.717) is 29.1 Å². The predicted octanol–water partition coefficient (Wildman–Crippen LogP) is 5.18. The highest BCUT2D eigenvalue weighted by Gasteiger charge is 2.44. The van der Waals surface area contributed by atoms with E-state index in [1.807, 2.05) is 25.1 Å². The largest absolute Gasteiger partial charge is 0.497 e. The molecule has 1 N–H and O–H groups in total. The number of methoxy groups -OCH3 is 2. The second-order valence-corrected chi connectivity index (χ2v) is 10.2. The summed E-state index contributed by atoms with van der Waals surface area (Å²) < 4.78 is 17.2. The van der Waals surface area contributed by atoms with Crippen molar-refractivity contribution < 1.29 is 23.8 Å². The number of benzene rings is 1. The van der Waals surface area contributed by atoms with Crippen molar-refractivity contribution in [2.45, 2.75) is 77.7 Å². The number of nitrogens with one attached hydrogen (secondary N) is 1. The Hall–Kier alpha value is -2.76. The fourth-order valence-electron chi connectivity index (χ4n) is 5.48. The van der Waals surface area contributed by atoms with Crippen molar-refractivity contribution in [3.8, 4) is 11.5 Å². The van der Waals surface area contributed by atoms with Crippen molar-refractivity contribution in [3.05, 3.63) is 46.3 Å². The molecule has 0 saturated heterocycles. The van der Waals surface area contributed by atoms with Crippen molar-refractivity contribution in [1.82, 2.24) is 5.32 Å². The molecule has 3 aliphatic rings. The highest BCUT2D eigenvalue weighted by Crippen LogP contribution is 2.49. The number of carbonyl (C=O) groups excluding carboxylic acids is 2. The van der Waals surface area contributed by atoms with Crippen molar-refractivity contribution >= 4 is 11.8 Å². The monoisotopic (exact) mass is 453 g/mol. The molecule has 1 fully saturated rings. The van der Waals surface area contributed by atoms with Gasteiger partial charge in [0, 0.05) is 29.0 Å². The number of carbonyl (C=O) groups is 2. The molecule has 0 bridgehead atoms. The summed E-state index contributed by atoms with van der Waals surface area (Å²) in [5.74, 6) is 0.395. The summed E-state index contributed by atoms with van der Waals surface area (Å²) in [6.45, 7) is 6.10. The number of ketones is 1. The molecule has 0 spiro atoms. The molecule has 1 heterocycles.